The number of aliphatic carboxylic acids is 1. The van der Waals surface area contributed by atoms with Crippen LogP contribution in [0.3, 0.4) is 0 Å². The van der Waals surface area contributed by atoms with Crippen LogP contribution in [0.25, 0.3) is 0 Å². The van der Waals surface area contributed by atoms with Crippen LogP contribution in [0.15, 0.2) is 30.3 Å². The molecule has 1 amide bonds. The smallest absolute Gasteiger partial charge is 0.475 e. The maximum absolute atomic E-state index is 11.4. The Balaban J connectivity index is 0.000000295. The van der Waals surface area contributed by atoms with Crippen LogP contribution in [0.2, 0.25) is 0 Å². The molecule has 1 saturated heterocycles. The van der Waals surface area contributed by atoms with Crippen molar-refractivity contribution in [1.82, 2.24) is 5.06 Å². The van der Waals surface area contributed by atoms with Crippen molar-refractivity contribution in [2.45, 2.75) is 25.2 Å². The molecule has 0 radical (unpaired) electrons. The largest absolute Gasteiger partial charge is 0.490 e. The van der Waals surface area contributed by atoms with E-state index in [2.05, 4.69) is 0 Å². The molecule has 0 aliphatic carbocycles. The first-order valence-corrected chi connectivity index (χ1v) is 6.25. The number of benzene rings is 1. The zero-order valence-corrected chi connectivity index (χ0v) is 11.4. The number of rotatable bonds is 3. The number of carboxylic acid groups (broad SMARTS) is 1. The zero-order valence-electron chi connectivity index (χ0n) is 11.4. The Labute approximate surface area is 124 Å². The predicted octanol–water partition coefficient (Wildman–Crippen LogP) is 1.31. The van der Waals surface area contributed by atoms with E-state index in [4.69, 9.17) is 20.5 Å². The van der Waals surface area contributed by atoms with E-state index in [1.807, 2.05) is 30.3 Å². The van der Waals surface area contributed by atoms with E-state index in [1.165, 1.54) is 5.06 Å². The minimum Gasteiger partial charge on any atom is -0.475 e. The molecule has 22 heavy (non-hydrogen) atoms. The van der Waals surface area contributed by atoms with Gasteiger partial charge in [-0.25, -0.2) is 9.86 Å². The van der Waals surface area contributed by atoms with Gasteiger partial charge < -0.3 is 10.8 Å². The second-order valence-corrected chi connectivity index (χ2v) is 4.40. The van der Waals surface area contributed by atoms with Gasteiger partial charge in [0.2, 0.25) is 0 Å². The zero-order chi connectivity index (χ0) is 16.8. The van der Waals surface area contributed by atoms with Gasteiger partial charge in [0, 0.05) is 0 Å². The summed E-state index contributed by atoms with van der Waals surface area (Å²) in [5, 5.41) is 8.48. The molecule has 1 aromatic rings. The van der Waals surface area contributed by atoms with Crippen LogP contribution >= 0.6 is 0 Å². The third-order valence-corrected chi connectivity index (χ3v) is 2.68. The van der Waals surface area contributed by atoms with Gasteiger partial charge in [-0.05, 0) is 12.0 Å². The van der Waals surface area contributed by atoms with Crippen LogP contribution in [0, 0.1) is 0 Å². The van der Waals surface area contributed by atoms with Crippen molar-refractivity contribution in [3.05, 3.63) is 35.9 Å². The van der Waals surface area contributed by atoms with Crippen LogP contribution in [-0.4, -0.2) is 40.8 Å². The fraction of sp³-hybridized carbons (Fsp3) is 0.385. The van der Waals surface area contributed by atoms with Crippen molar-refractivity contribution < 1.29 is 32.7 Å². The number of alkyl halides is 3. The molecule has 1 fully saturated rings. The molecular formula is C13H15F3N2O4. The second kappa shape index (κ2) is 7.76. The van der Waals surface area contributed by atoms with Crippen LogP contribution in [-0.2, 0) is 21.0 Å². The van der Waals surface area contributed by atoms with Gasteiger partial charge >= 0.3 is 12.1 Å². The van der Waals surface area contributed by atoms with E-state index in [1.54, 1.807) is 0 Å². The Morgan fingerprint density at radius 2 is 1.91 bits per heavy atom. The van der Waals surface area contributed by atoms with Gasteiger partial charge in [0.05, 0.1) is 12.6 Å². The first-order chi connectivity index (χ1) is 10.2. The highest BCUT2D eigenvalue weighted by molar-refractivity contribution is 5.82. The van der Waals surface area contributed by atoms with E-state index in [0.717, 1.165) is 5.56 Å². The fourth-order valence-electron chi connectivity index (χ4n) is 1.53. The maximum atomic E-state index is 11.4. The third kappa shape index (κ3) is 5.70. The van der Waals surface area contributed by atoms with Gasteiger partial charge in [0.25, 0.3) is 5.91 Å². The minimum atomic E-state index is -5.08. The van der Waals surface area contributed by atoms with Gasteiger partial charge in [-0.1, -0.05) is 30.3 Å². The molecule has 1 aliphatic rings. The molecule has 2 rings (SSSR count). The number of carboxylic acids is 1. The van der Waals surface area contributed by atoms with Gasteiger partial charge in [-0.3, -0.25) is 9.63 Å². The highest BCUT2D eigenvalue weighted by Gasteiger charge is 2.38. The minimum absolute atomic E-state index is 0.120. The maximum Gasteiger partial charge on any atom is 0.490 e. The summed E-state index contributed by atoms with van der Waals surface area (Å²) in [4.78, 5) is 25.7. The number of nitrogens with two attached hydrogens (primary N) is 1. The van der Waals surface area contributed by atoms with Crippen LogP contribution in [0.4, 0.5) is 13.2 Å². The molecule has 0 saturated carbocycles. The van der Waals surface area contributed by atoms with Gasteiger partial charge in [-0.2, -0.15) is 13.2 Å². The van der Waals surface area contributed by atoms with Gasteiger partial charge in [-0.15, -0.1) is 0 Å². The number of hydrogen-bond donors (Lipinski definition) is 2. The molecule has 1 heterocycles. The molecule has 0 aromatic heterocycles. The Hall–Kier alpha value is -2.13. The molecule has 0 spiro atoms. The summed E-state index contributed by atoms with van der Waals surface area (Å²) in [7, 11) is 0. The molecule has 1 atom stereocenters. The quantitative estimate of drug-likeness (QED) is 0.876. The van der Waals surface area contributed by atoms with E-state index in [-0.39, 0.29) is 11.9 Å². The van der Waals surface area contributed by atoms with E-state index < -0.39 is 12.1 Å². The van der Waals surface area contributed by atoms with E-state index >= 15 is 0 Å². The van der Waals surface area contributed by atoms with Crippen molar-refractivity contribution in [1.29, 1.82) is 0 Å². The Morgan fingerprint density at radius 3 is 2.32 bits per heavy atom. The first-order valence-electron chi connectivity index (χ1n) is 6.25. The summed E-state index contributed by atoms with van der Waals surface area (Å²) in [5.74, 6) is -2.88. The summed E-state index contributed by atoms with van der Waals surface area (Å²) < 4.78 is 31.7. The Kier molecular flexibility index (Phi) is 6.32. The number of hydrogen-bond acceptors (Lipinski definition) is 4. The Morgan fingerprint density at radius 1 is 1.36 bits per heavy atom. The molecule has 1 aliphatic heterocycles. The number of carbonyl (C=O) groups excluding carboxylic acids is 1. The lowest BCUT2D eigenvalue weighted by Crippen LogP contribution is -2.33. The predicted molar refractivity (Wildman–Crippen MR) is 69.2 cm³/mol. The molecule has 9 heteroatoms. The van der Waals surface area contributed by atoms with E-state index in [9.17, 15) is 18.0 Å². The SMILES string of the molecule is N[C@H]1CCN(OCc2ccccc2)C1=O.O=C(O)C(F)(F)F. The van der Waals surface area contributed by atoms with E-state index in [0.29, 0.717) is 19.6 Å². The normalized spacial score (nSPS) is 17.9. The van der Waals surface area contributed by atoms with Crippen molar-refractivity contribution >= 4 is 11.9 Å². The lowest BCUT2D eigenvalue weighted by molar-refractivity contribution is -0.192. The average Bonchev–Trinajstić information content (AvgIpc) is 2.77. The van der Waals surface area contributed by atoms with Crippen LogP contribution < -0.4 is 5.73 Å². The molecule has 0 bridgehead atoms. The third-order valence-electron chi connectivity index (χ3n) is 2.68. The number of carbonyl (C=O) groups is 2. The molecule has 1 aromatic carbocycles. The number of nitrogens with zero attached hydrogens (tertiary/aromatic N) is 1. The summed E-state index contributed by atoms with van der Waals surface area (Å²) in [6, 6.07) is 9.36. The summed E-state index contributed by atoms with van der Waals surface area (Å²) in [5.41, 5.74) is 6.61. The molecule has 122 valence electrons. The fourth-order valence-corrected chi connectivity index (χ4v) is 1.53. The second-order valence-electron chi connectivity index (χ2n) is 4.40. The molecule has 3 N–H and O–H groups in total. The lowest BCUT2D eigenvalue weighted by atomic mass is 10.2. The number of amides is 1. The Bertz CT molecular complexity index is 508. The topological polar surface area (TPSA) is 92.9 Å². The molecule has 6 nitrogen and oxygen atoms in total. The number of hydroxylamine groups is 2. The highest BCUT2D eigenvalue weighted by atomic mass is 19.4. The summed E-state index contributed by atoms with van der Waals surface area (Å²) in [6.07, 6.45) is -4.41. The van der Waals surface area contributed by atoms with Gasteiger partial charge in [0.1, 0.15) is 6.61 Å². The van der Waals surface area contributed by atoms with Crippen molar-refractivity contribution in [3.63, 3.8) is 0 Å². The number of halogens is 3. The summed E-state index contributed by atoms with van der Waals surface area (Å²) >= 11 is 0. The van der Waals surface area contributed by atoms with Crippen LogP contribution in [0.1, 0.15) is 12.0 Å². The van der Waals surface area contributed by atoms with Crippen molar-refractivity contribution in [3.8, 4) is 0 Å². The average molecular weight is 320 g/mol. The van der Waals surface area contributed by atoms with Crippen LogP contribution in [0.5, 0.6) is 0 Å². The monoisotopic (exact) mass is 320 g/mol. The van der Waals surface area contributed by atoms with Crippen molar-refractivity contribution in [2.24, 2.45) is 5.73 Å². The first kappa shape index (κ1) is 17.9. The van der Waals surface area contributed by atoms with Crippen molar-refractivity contribution in [2.75, 3.05) is 6.54 Å². The summed E-state index contributed by atoms with van der Waals surface area (Å²) in [6.45, 7) is 1.01. The molecular weight excluding hydrogens is 305 g/mol. The van der Waals surface area contributed by atoms with Gasteiger partial charge in [0.15, 0.2) is 0 Å². The lowest BCUT2D eigenvalue weighted by Gasteiger charge is -2.15. The molecule has 0 unspecified atom stereocenters. The standard InChI is InChI=1S/C11H14N2O2.C2HF3O2/c12-10-6-7-13(11(10)14)15-8-9-4-2-1-3-5-9;3-2(4,5)1(6)7/h1-5,10H,6-8,12H2;(H,6,7)/t10-;/m0./s1. The highest BCUT2D eigenvalue weighted by Crippen LogP contribution is 2.13.